The molecule has 7 atom stereocenters. The molecule has 4 aliphatic rings. The monoisotopic (exact) mass is 522 g/mol. The molecule has 4 aliphatic carbocycles. The van der Waals surface area contributed by atoms with E-state index in [4.69, 9.17) is 4.42 Å². The molecule has 4 fully saturated rings. The third-order valence-corrected chi connectivity index (χ3v) is 10.2. The second-order valence-electron chi connectivity index (χ2n) is 12.8. The van der Waals surface area contributed by atoms with Crippen LogP contribution in [-0.4, -0.2) is 43.8 Å². The highest BCUT2D eigenvalue weighted by atomic mass is 16.4. The Morgan fingerprint density at radius 3 is 2.66 bits per heavy atom. The number of aliphatic hydroxyl groups is 3. The first-order valence-electron chi connectivity index (χ1n) is 14.8. The van der Waals surface area contributed by atoms with Crippen LogP contribution in [0.5, 0.6) is 0 Å². The summed E-state index contributed by atoms with van der Waals surface area (Å²) in [6, 6.07) is 0. The van der Waals surface area contributed by atoms with Gasteiger partial charge in [-0.15, -0.1) is 10.2 Å². The van der Waals surface area contributed by atoms with Crippen LogP contribution in [0.25, 0.3) is 0 Å². The highest BCUT2D eigenvalue weighted by Gasteiger charge is 2.54. The number of allylic oxidation sites excluding steroid dienone is 4. The molecule has 6 nitrogen and oxygen atoms in total. The summed E-state index contributed by atoms with van der Waals surface area (Å²) in [7, 11) is 0. The van der Waals surface area contributed by atoms with Gasteiger partial charge in [0.15, 0.2) is 0 Å². The Hall–Kier alpha value is -2.02. The van der Waals surface area contributed by atoms with Gasteiger partial charge in [-0.25, -0.2) is 0 Å². The maximum Gasteiger partial charge on any atom is 0.225 e. The lowest BCUT2D eigenvalue weighted by Gasteiger charge is -2.44. The number of fused-ring (bicyclic) bond motifs is 1. The normalized spacial score (nSPS) is 36.6. The Kier molecular flexibility index (Phi) is 7.87. The van der Waals surface area contributed by atoms with Crippen LogP contribution in [0.2, 0.25) is 0 Å². The fourth-order valence-electron chi connectivity index (χ4n) is 7.75. The van der Waals surface area contributed by atoms with Crippen LogP contribution in [0.15, 0.2) is 52.0 Å². The summed E-state index contributed by atoms with van der Waals surface area (Å²) in [4.78, 5) is 0. The predicted molar refractivity (Wildman–Crippen MR) is 148 cm³/mol. The molecular formula is C32H46N2O4. The Balaban J connectivity index is 1.27. The molecule has 0 unspecified atom stereocenters. The summed E-state index contributed by atoms with van der Waals surface area (Å²) in [5.74, 6) is 2.75. The number of hydrogen-bond acceptors (Lipinski definition) is 6. The molecule has 0 bridgehead atoms. The van der Waals surface area contributed by atoms with Gasteiger partial charge in [0.25, 0.3) is 0 Å². The van der Waals surface area contributed by atoms with E-state index in [0.717, 1.165) is 43.3 Å². The standard InChI is InChI=1S/C32H46N2O4/c1-5-7-29-33-34-30(38-29)32(16-17-32)28(37)14-9-20(2)25-12-13-26-22(8-6-15-31(25,26)4)10-11-23-18-24(35)19-27(36)21(23)3/h9-11,14,20,24-28,35-37H,3,5-8,12-13,15-19H2,1-2,4H3/b14-9+,22-10+,23-11-/t20-,24-,25-,26+,27+,28-,31-/m1/s1. The van der Waals surface area contributed by atoms with Crippen LogP contribution in [0.3, 0.4) is 0 Å². The van der Waals surface area contributed by atoms with Gasteiger partial charge in [-0.3, -0.25) is 0 Å². The summed E-state index contributed by atoms with van der Waals surface area (Å²) >= 11 is 0. The molecule has 1 aromatic heterocycles. The molecule has 3 N–H and O–H groups in total. The fraction of sp³-hybridized carbons (Fsp3) is 0.688. The Morgan fingerprint density at radius 1 is 1.13 bits per heavy atom. The van der Waals surface area contributed by atoms with Crippen LogP contribution < -0.4 is 0 Å². The lowest BCUT2D eigenvalue weighted by Crippen LogP contribution is -2.35. The van der Waals surface area contributed by atoms with E-state index in [1.165, 1.54) is 31.3 Å². The van der Waals surface area contributed by atoms with Crippen LogP contribution in [0.1, 0.15) is 96.8 Å². The molecular weight excluding hydrogens is 476 g/mol. The van der Waals surface area contributed by atoms with Crippen LogP contribution >= 0.6 is 0 Å². The minimum Gasteiger partial charge on any atom is -0.425 e. The van der Waals surface area contributed by atoms with Gasteiger partial charge in [0.05, 0.1) is 23.7 Å². The molecule has 1 heterocycles. The van der Waals surface area contributed by atoms with Gasteiger partial charge in [0.2, 0.25) is 11.8 Å². The van der Waals surface area contributed by atoms with Crippen LogP contribution in [-0.2, 0) is 11.8 Å². The Morgan fingerprint density at radius 2 is 1.92 bits per heavy atom. The van der Waals surface area contributed by atoms with Crippen molar-refractivity contribution in [2.45, 2.75) is 115 Å². The zero-order chi connectivity index (χ0) is 27.1. The predicted octanol–water partition coefficient (Wildman–Crippen LogP) is 5.75. The van der Waals surface area contributed by atoms with Crippen molar-refractivity contribution in [3.05, 3.63) is 59.4 Å². The number of rotatable bonds is 8. The third kappa shape index (κ3) is 5.12. The van der Waals surface area contributed by atoms with Gasteiger partial charge in [0, 0.05) is 12.8 Å². The number of aliphatic hydroxyl groups excluding tert-OH is 3. The average Bonchev–Trinajstić information content (AvgIpc) is 3.42. The Bertz CT molecular complexity index is 1110. The summed E-state index contributed by atoms with van der Waals surface area (Å²) in [6.45, 7) is 10.9. The van der Waals surface area contributed by atoms with Crippen molar-refractivity contribution in [3.63, 3.8) is 0 Å². The average molecular weight is 523 g/mol. The summed E-state index contributed by atoms with van der Waals surface area (Å²) in [5, 5.41) is 39.9. The molecule has 4 saturated carbocycles. The zero-order valence-electron chi connectivity index (χ0n) is 23.4. The molecule has 0 aromatic carbocycles. The van der Waals surface area contributed by atoms with E-state index in [1.807, 2.05) is 6.08 Å². The first-order chi connectivity index (χ1) is 18.2. The molecule has 0 radical (unpaired) electrons. The second-order valence-corrected chi connectivity index (χ2v) is 12.8. The Labute approximate surface area is 227 Å². The molecule has 0 spiro atoms. The fourth-order valence-corrected chi connectivity index (χ4v) is 7.75. The first-order valence-corrected chi connectivity index (χ1v) is 14.8. The van der Waals surface area contributed by atoms with Crippen molar-refractivity contribution in [3.8, 4) is 0 Å². The minimum absolute atomic E-state index is 0.235. The number of aromatic nitrogens is 2. The van der Waals surface area contributed by atoms with Gasteiger partial charge < -0.3 is 19.7 Å². The van der Waals surface area contributed by atoms with E-state index < -0.39 is 23.7 Å². The molecule has 0 saturated heterocycles. The highest BCUT2D eigenvalue weighted by Crippen LogP contribution is 2.60. The molecule has 0 aliphatic heterocycles. The first kappa shape index (κ1) is 27.5. The smallest absolute Gasteiger partial charge is 0.225 e. The molecule has 6 heteroatoms. The maximum atomic E-state index is 11.1. The van der Waals surface area contributed by atoms with E-state index in [1.54, 1.807) is 0 Å². The van der Waals surface area contributed by atoms with Gasteiger partial charge in [-0.2, -0.15) is 0 Å². The van der Waals surface area contributed by atoms with Crippen LogP contribution in [0, 0.1) is 23.2 Å². The van der Waals surface area contributed by atoms with Crippen molar-refractivity contribution < 1.29 is 19.7 Å². The molecule has 5 rings (SSSR count). The molecule has 1 aromatic rings. The number of nitrogens with zero attached hydrogens (tertiary/aromatic N) is 2. The van der Waals surface area contributed by atoms with E-state index >= 15 is 0 Å². The zero-order valence-corrected chi connectivity index (χ0v) is 23.4. The van der Waals surface area contributed by atoms with Gasteiger partial charge >= 0.3 is 0 Å². The molecule has 208 valence electrons. The van der Waals surface area contributed by atoms with Gasteiger partial charge in [-0.1, -0.05) is 57.2 Å². The summed E-state index contributed by atoms with van der Waals surface area (Å²) in [5.41, 5.74) is 3.06. The van der Waals surface area contributed by atoms with E-state index in [2.05, 4.69) is 55.8 Å². The highest BCUT2D eigenvalue weighted by molar-refractivity contribution is 5.38. The minimum atomic E-state index is -0.646. The topological polar surface area (TPSA) is 99.6 Å². The lowest BCUT2D eigenvalue weighted by atomic mass is 9.61. The van der Waals surface area contributed by atoms with Crippen molar-refractivity contribution in [1.29, 1.82) is 0 Å². The SMILES string of the molecule is C=C1/C(=C\C=C2/CCC[C@]3(C)[C@@H]([C@H](C)/C=C/[C@@H](O)C4(c5nnc(CCC)o5)CC4)CC[C@@H]23)C[C@@H](O)C[C@@H]1O. The quantitative estimate of drug-likeness (QED) is 0.376. The van der Waals surface area contributed by atoms with Gasteiger partial charge in [-0.05, 0) is 92.1 Å². The van der Waals surface area contributed by atoms with Crippen LogP contribution in [0.4, 0.5) is 0 Å². The van der Waals surface area contributed by atoms with E-state index in [0.29, 0.717) is 42.4 Å². The van der Waals surface area contributed by atoms with Gasteiger partial charge in [0.1, 0.15) is 0 Å². The largest absolute Gasteiger partial charge is 0.425 e. The maximum absolute atomic E-state index is 11.1. The molecule has 38 heavy (non-hydrogen) atoms. The summed E-state index contributed by atoms with van der Waals surface area (Å²) < 4.78 is 5.90. The van der Waals surface area contributed by atoms with Crippen molar-refractivity contribution in [2.24, 2.45) is 23.2 Å². The lowest BCUT2D eigenvalue weighted by molar-refractivity contribution is 0.0862. The van der Waals surface area contributed by atoms with E-state index in [9.17, 15) is 15.3 Å². The summed E-state index contributed by atoms with van der Waals surface area (Å²) in [6.07, 6.45) is 17.2. The van der Waals surface area contributed by atoms with Crippen molar-refractivity contribution in [2.75, 3.05) is 0 Å². The number of aryl methyl sites for hydroxylation is 1. The second kappa shape index (κ2) is 10.9. The number of hydrogen-bond donors (Lipinski definition) is 3. The van der Waals surface area contributed by atoms with Crippen molar-refractivity contribution >= 4 is 0 Å². The molecule has 0 amide bonds. The van der Waals surface area contributed by atoms with Crippen molar-refractivity contribution in [1.82, 2.24) is 10.2 Å². The van der Waals surface area contributed by atoms with E-state index in [-0.39, 0.29) is 5.41 Å². The third-order valence-electron chi connectivity index (χ3n) is 10.2.